The predicted molar refractivity (Wildman–Crippen MR) is 121 cm³/mol. The van der Waals surface area contributed by atoms with E-state index in [4.69, 9.17) is 9.15 Å². The summed E-state index contributed by atoms with van der Waals surface area (Å²) in [7, 11) is 0. The van der Waals surface area contributed by atoms with Gasteiger partial charge in [0.1, 0.15) is 11.3 Å². The van der Waals surface area contributed by atoms with Crippen molar-refractivity contribution in [3.05, 3.63) is 75.6 Å². The third-order valence-corrected chi connectivity index (χ3v) is 6.08. The van der Waals surface area contributed by atoms with Gasteiger partial charge in [0.15, 0.2) is 0 Å². The van der Waals surface area contributed by atoms with Gasteiger partial charge >= 0.3 is 5.63 Å². The maximum absolute atomic E-state index is 12.1. The minimum Gasteiger partial charge on any atom is -0.508 e. The number of hydrogen-bond acceptors (Lipinski definition) is 6. The van der Waals surface area contributed by atoms with Crippen molar-refractivity contribution in [2.75, 3.05) is 26.3 Å². The normalized spacial score (nSPS) is 17.0. The highest BCUT2D eigenvalue weighted by Crippen LogP contribution is 2.28. The van der Waals surface area contributed by atoms with Crippen molar-refractivity contribution >= 4 is 11.0 Å². The summed E-state index contributed by atoms with van der Waals surface area (Å²) in [6.45, 7) is 7.97. The van der Waals surface area contributed by atoms with E-state index in [1.54, 1.807) is 12.1 Å². The van der Waals surface area contributed by atoms with E-state index >= 15 is 0 Å². The number of rotatable bonds is 7. The first-order valence-electron chi connectivity index (χ1n) is 11.0. The zero-order valence-corrected chi connectivity index (χ0v) is 18.1. The molecule has 1 saturated heterocycles. The molecule has 2 N–H and O–H groups in total. The number of aromatic hydroxyl groups is 1. The Labute approximate surface area is 182 Å². The lowest BCUT2D eigenvalue weighted by Crippen LogP contribution is -2.46. The zero-order valence-electron chi connectivity index (χ0n) is 18.1. The molecular formula is C25H30N2O4. The van der Waals surface area contributed by atoms with Gasteiger partial charge < -0.3 is 19.6 Å². The van der Waals surface area contributed by atoms with Crippen LogP contribution in [0.3, 0.4) is 0 Å². The van der Waals surface area contributed by atoms with Crippen LogP contribution in [-0.4, -0.2) is 42.4 Å². The number of nitrogens with one attached hydrogen (secondary N) is 1. The summed E-state index contributed by atoms with van der Waals surface area (Å²) in [6, 6.07) is 15.9. The van der Waals surface area contributed by atoms with E-state index in [0.29, 0.717) is 18.5 Å². The van der Waals surface area contributed by atoms with E-state index < -0.39 is 5.63 Å². The first-order chi connectivity index (χ1) is 15.1. The molecule has 1 aromatic heterocycles. The van der Waals surface area contributed by atoms with Crippen molar-refractivity contribution in [2.45, 2.75) is 38.9 Å². The van der Waals surface area contributed by atoms with E-state index in [0.717, 1.165) is 42.8 Å². The second-order valence-electron chi connectivity index (χ2n) is 8.09. The van der Waals surface area contributed by atoms with Gasteiger partial charge in [-0.25, -0.2) is 4.79 Å². The maximum Gasteiger partial charge on any atom is 0.336 e. The molecule has 2 heterocycles. The fraction of sp³-hybridized carbons (Fsp3) is 0.400. The second kappa shape index (κ2) is 9.64. The first-order valence-corrected chi connectivity index (χ1v) is 11.0. The van der Waals surface area contributed by atoms with Gasteiger partial charge in [0.05, 0.1) is 19.3 Å². The molecule has 1 aliphatic heterocycles. The number of hydrogen-bond donors (Lipinski definition) is 2. The molecule has 164 valence electrons. The minimum absolute atomic E-state index is 0.144. The average Bonchev–Trinajstić information content (AvgIpc) is 2.78. The number of phenolic OH excluding ortho intramolecular Hbond substituents is 1. The second-order valence-corrected chi connectivity index (χ2v) is 8.09. The molecule has 3 aromatic rings. The van der Waals surface area contributed by atoms with Crippen LogP contribution < -0.4 is 10.9 Å². The summed E-state index contributed by atoms with van der Waals surface area (Å²) in [5.74, 6) is 0.160. The van der Waals surface area contributed by atoms with Crippen LogP contribution in [-0.2, 0) is 17.7 Å². The molecule has 2 aromatic carbocycles. The Hall–Kier alpha value is -2.67. The summed E-state index contributed by atoms with van der Waals surface area (Å²) < 4.78 is 10.9. The molecule has 0 radical (unpaired) electrons. The van der Waals surface area contributed by atoms with Crippen molar-refractivity contribution in [1.29, 1.82) is 0 Å². The van der Waals surface area contributed by atoms with Gasteiger partial charge in [-0.3, -0.25) is 4.90 Å². The molecule has 4 rings (SSSR count). The van der Waals surface area contributed by atoms with Crippen LogP contribution in [0.15, 0.2) is 57.7 Å². The SMILES string of the molecule is CCc1cc2c(CN[C@H](C)[C@@H](c3ccccc3)N3CCOCC3)cc(=O)oc2cc1O. The quantitative estimate of drug-likeness (QED) is 0.567. The van der Waals surface area contributed by atoms with E-state index in [-0.39, 0.29) is 17.8 Å². The van der Waals surface area contributed by atoms with E-state index in [1.807, 2.05) is 19.1 Å². The first kappa shape index (κ1) is 21.6. The molecule has 0 amide bonds. The minimum atomic E-state index is -0.409. The largest absolute Gasteiger partial charge is 0.508 e. The standard InChI is InChI=1S/C25H30N2O4/c1-3-18-13-21-20(14-24(29)31-23(21)15-22(18)28)16-26-17(2)25(19-7-5-4-6-8-19)27-9-11-30-12-10-27/h4-8,13-15,17,25-26,28H,3,9-12,16H2,1-2H3/t17-,25+/m1/s1. The summed E-state index contributed by atoms with van der Waals surface area (Å²) in [6.07, 6.45) is 0.706. The highest BCUT2D eigenvalue weighted by atomic mass is 16.5. The topological polar surface area (TPSA) is 74.9 Å². The van der Waals surface area contributed by atoms with Gasteiger partial charge in [-0.2, -0.15) is 0 Å². The molecule has 31 heavy (non-hydrogen) atoms. The highest BCUT2D eigenvalue weighted by molar-refractivity contribution is 5.82. The van der Waals surface area contributed by atoms with Crippen LogP contribution in [0.25, 0.3) is 11.0 Å². The number of fused-ring (bicyclic) bond motifs is 1. The van der Waals surface area contributed by atoms with Gasteiger partial charge in [-0.05, 0) is 36.1 Å². The monoisotopic (exact) mass is 422 g/mol. The third-order valence-electron chi connectivity index (χ3n) is 6.08. The van der Waals surface area contributed by atoms with Gasteiger partial charge in [0.2, 0.25) is 0 Å². The lowest BCUT2D eigenvalue weighted by molar-refractivity contribution is 0.00855. The van der Waals surface area contributed by atoms with E-state index in [1.165, 1.54) is 5.56 Å². The molecule has 0 bridgehead atoms. The van der Waals surface area contributed by atoms with Crippen LogP contribution in [0.5, 0.6) is 5.75 Å². The molecule has 2 atom stereocenters. The van der Waals surface area contributed by atoms with Crippen molar-refractivity contribution in [3.8, 4) is 5.75 Å². The number of morpholine rings is 1. The zero-order chi connectivity index (χ0) is 21.8. The molecule has 6 nitrogen and oxygen atoms in total. The number of nitrogens with zero attached hydrogens (tertiary/aromatic N) is 1. The third kappa shape index (κ3) is 4.82. The Balaban J connectivity index is 1.61. The fourth-order valence-electron chi connectivity index (χ4n) is 4.44. The molecule has 0 unspecified atom stereocenters. The highest BCUT2D eigenvalue weighted by Gasteiger charge is 2.27. The Morgan fingerprint density at radius 2 is 1.84 bits per heavy atom. The van der Waals surface area contributed by atoms with Gasteiger partial charge in [0.25, 0.3) is 0 Å². The van der Waals surface area contributed by atoms with Crippen molar-refractivity contribution < 1.29 is 14.3 Å². The lowest BCUT2D eigenvalue weighted by atomic mass is 9.97. The number of aryl methyl sites for hydroxylation is 1. The van der Waals surface area contributed by atoms with Gasteiger partial charge in [-0.1, -0.05) is 37.3 Å². The Morgan fingerprint density at radius 1 is 1.10 bits per heavy atom. The van der Waals surface area contributed by atoms with E-state index in [9.17, 15) is 9.90 Å². The van der Waals surface area contributed by atoms with Gasteiger partial charge in [-0.15, -0.1) is 0 Å². The predicted octanol–water partition coefficient (Wildman–Crippen LogP) is 3.61. The maximum atomic E-state index is 12.1. The molecule has 1 fully saturated rings. The molecule has 0 spiro atoms. The van der Waals surface area contributed by atoms with Crippen LogP contribution in [0.1, 0.15) is 36.6 Å². The Kier molecular flexibility index (Phi) is 6.70. The van der Waals surface area contributed by atoms with E-state index in [2.05, 4.69) is 41.4 Å². The van der Waals surface area contributed by atoms with Gasteiger partial charge in [0, 0.05) is 43.2 Å². The van der Waals surface area contributed by atoms with Crippen LogP contribution in [0.4, 0.5) is 0 Å². The van der Waals surface area contributed by atoms with Crippen LogP contribution in [0, 0.1) is 0 Å². The Bertz CT molecular complexity index is 1070. The lowest BCUT2D eigenvalue weighted by Gasteiger charge is -2.38. The molecule has 1 aliphatic rings. The summed E-state index contributed by atoms with van der Waals surface area (Å²) in [4.78, 5) is 14.6. The summed E-state index contributed by atoms with van der Waals surface area (Å²) in [5.41, 5.74) is 2.99. The van der Waals surface area contributed by atoms with Crippen molar-refractivity contribution in [2.24, 2.45) is 0 Å². The smallest absolute Gasteiger partial charge is 0.336 e. The molecule has 6 heteroatoms. The molecule has 0 aliphatic carbocycles. The van der Waals surface area contributed by atoms with Crippen LogP contribution >= 0.6 is 0 Å². The number of phenols is 1. The van der Waals surface area contributed by atoms with Crippen molar-refractivity contribution in [1.82, 2.24) is 10.2 Å². The number of ether oxygens (including phenoxy) is 1. The fourth-order valence-corrected chi connectivity index (χ4v) is 4.44. The number of benzene rings is 2. The van der Waals surface area contributed by atoms with Crippen molar-refractivity contribution in [3.63, 3.8) is 0 Å². The summed E-state index contributed by atoms with van der Waals surface area (Å²) >= 11 is 0. The van der Waals surface area contributed by atoms with Crippen LogP contribution in [0.2, 0.25) is 0 Å². The Morgan fingerprint density at radius 3 is 2.55 bits per heavy atom. The average molecular weight is 423 g/mol. The molecular weight excluding hydrogens is 392 g/mol. The molecule has 0 saturated carbocycles. The summed E-state index contributed by atoms with van der Waals surface area (Å²) in [5, 5.41) is 14.7.